The van der Waals surface area contributed by atoms with E-state index in [1.165, 1.54) is 6.42 Å². The molecule has 3 rings (SSSR count). The van der Waals surface area contributed by atoms with Crippen molar-refractivity contribution >= 4 is 23.0 Å². The summed E-state index contributed by atoms with van der Waals surface area (Å²) in [5.74, 6) is 0.328. The Morgan fingerprint density at radius 3 is 2.88 bits per heavy atom. The SMILES string of the molecule is C[C@H]1CCCC[C@H]1NC(=O)COC(=O)CCc1nc2ccccc2o1. The maximum atomic E-state index is 11.9. The molecule has 1 saturated carbocycles. The number of esters is 1. The number of hydrogen-bond donors (Lipinski definition) is 1. The van der Waals surface area contributed by atoms with Crippen molar-refractivity contribution in [3.63, 3.8) is 0 Å². The Kier molecular flexibility index (Phi) is 5.68. The van der Waals surface area contributed by atoms with Crippen molar-refractivity contribution in [2.45, 2.75) is 51.5 Å². The van der Waals surface area contributed by atoms with Gasteiger partial charge in [-0.25, -0.2) is 4.98 Å². The van der Waals surface area contributed by atoms with E-state index in [2.05, 4.69) is 17.2 Å². The third-order valence-electron chi connectivity index (χ3n) is 4.70. The van der Waals surface area contributed by atoms with Crippen molar-refractivity contribution < 1.29 is 18.7 Å². The van der Waals surface area contributed by atoms with Crippen LogP contribution in [0, 0.1) is 5.92 Å². The lowest BCUT2D eigenvalue weighted by molar-refractivity contribution is -0.148. The molecular weight excluding hydrogens is 320 g/mol. The quantitative estimate of drug-likeness (QED) is 0.815. The van der Waals surface area contributed by atoms with Gasteiger partial charge in [0.1, 0.15) is 5.52 Å². The average Bonchev–Trinajstić information content (AvgIpc) is 3.03. The molecule has 25 heavy (non-hydrogen) atoms. The lowest BCUT2D eigenvalue weighted by atomic mass is 9.86. The number of carbonyl (C=O) groups is 2. The molecule has 0 aliphatic heterocycles. The molecule has 0 spiro atoms. The highest BCUT2D eigenvalue weighted by atomic mass is 16.5. The largest absolute Gasteiger partial charge is 0.456 e. The van der Waals surface area contributed by atoms with E-state index in [-0.39, 0.29) is 25.0 Å². The highest BCUT2D eigenvalue weighted by molar-refractivity contribution is 5.80. The molecule has 1 aliphatic rings. The predicted octanol–water partition coefficient (Wildman–Crippen LogP) is 3.00. The summed E-state index contributed by atoms with van der Waals surface area (Å²) in [7, 11) is 0. The van der Waals surface area contributed by atoms with E-state index in [0.717, 1.165) is 24.8 Å². The van der Waals surface area contributed by atoms with Crippen LogP contribution in [0.25, 0.3) is 11.1 Å². The fourth-order valence-corrected chi connectivity index (χ4v) is 3.23. The molecule has 6 heteroatoms. The van der Waals surface area contributed by atoms with Gasteiger partial charge >= 0.3 is 5.97 Å². The third-order valence-corrected chi connectivity index (χ3v) is 4.70. The van der Waals surface area contributed by atoms with Crippen LogP contribution in [0.3, 0.4) is 0 Å². The highest BCUT2D eigenvalue weighted by Crippen LogP contribution is 2.23. The second-order valence-electron chi connectivity index (χ2n) is 6.67. The van der Waals surface area contributed by atoms with Crippen LogP contribution < -0.4 is 5.32 Å². The fourth-order valence-electron chi connectivity index (χ4n) is 3.23. The summed E-state index contributed by atoms with van der Waals surface area (Å²) in [4.78, 5) is 28.1. The van der Waals surface area contributed by atoms with E-state index in [9.17, 15) is 9.59 Å². The number of benzene rings is 1. The van der Waals surface area contributed by atoms with Gasteiger partial charge in [0.15, 0.2) is 18.1 Å². The van der Waals surface area contributed by atoms with E-state index in [4.69, 9.17) is 9.15 Å². The minimum absolute atomic E-state index is 0.139. The first-order chi connectivity index (χ1) is 12.1. The number of rotatable bonds is 6. The molecule has 6 nitrogen and oxygen atoms in total. The van der Waals surface area contributed by atoms with Gasteiger partial charge in [0, 0.05) is 12.5 Å². The van der Waals surface area contributed by atoms with Crippen LogP contribution in [0.2, 0.25) is 0 Å². The van der Waals surface area contributed by atoms with E-state index < -0.39 is 5.97 Å². The Balaban J connectivity index is 1.39. The lowest BCUT2D eigenvalue weighted by Gasteiger charge is -2.29. The van der Waals surface area contributed by atoms with Crippen LogP contribution in [0.5, 0.6) is 0 Å². The number of carbonyl (C=O) groups excluding carboxylic acids is 2. The molecule has 2 atom stereocenters. The molecule has 0 unspecified atom stereocenters. The first-order valence-electron chi connectivity index (χ1n) is 8.91. The summed E-state index contributed by atoms with van der Waals surface area (Å²) in [6, 6.07) is 7.64. The third kappa shape index (κ3) is 4.81. The molecule has 0 bridgehead atoms. The van der Waals surface area contributed by atoms with Gasteiger partial charge in [0.25, 0.3) is 5.91 Å². The number of amides is 1. The van der Waals surface area contributed by atoms with E-state index in [0.29, 0.717) is 23.8 Å². The number of aryl methyl sites for hydroxylation is 1. The Morgan fingerprint density at radius 1 is 1.28 bits per heavy atom. The maximum absolute atomic E-state index is 11.9. The minimum atomic E-state index is -0.422. The molecule has 1 amide bonds. The van der Waals surface area contributed by atoms with Crippen molar-refractivity contribution in [3.8, 4) is 0 Å². The summed E-state index contributed by atoms with van der Waals surface area (Å²) >= 11 is 0. The Morgan fingerprint density at radius 2 is 2.08 bits per heavy atom. The molecule has 0 radical (unpaired) electrons. The Hall–Kier alpha value is -2.37. The maximum Gasteiger partial charge on any atom is 0.306 e. The first-order valence-corrected chi connectivity index (χ1v) is 8.91. The second kappa shape index (κ2) is 8.14. The zero-order valence-corrected chi connectivity index (χ0v) is 14.5. The van der Waals surface area contributed by atoms with Crippen LogP contribution in [0.15, 0.2) is 28.7 Å². The van der Waals surface area contributed by atoms with Crippen molar-refractivity contribution in [2.24, 2.45) is 5.92 Å². The topological polar surface area (TPSA) is 81.4 Å². The Labute approximate surface area is 146 Å². The van der Waals surface area contributed by atoms with Crippen molar-refractivity contribution in [2.75, 3.05) is 6.61 Å². The van der Waals surface area contributed by atoms with Gasteiger partial charge in [-0.1, -0.05) is 31.9 Å². The number of oxazole rings is 1. The van der Waals surface area contributed by atoms with Crippen molar-refractivity contribution in [1.82, 2.24) is 10.3 Å². The minimum Gasteiger partial charge on any atom is -0.456 e. The number of hydrogen-bond acceptors (Lipinski definition) is 5. The lowest BCUT2D eigenvalue weighted by Crippen LogP contribution is -2.42. The van der Waals surface area contributed by atoms with Gasteiger partial charge in [0.2, 0.25) is 0 Å². The number of ether oxygens (including phenoxy) is 1. The molecule has 1 fully saturated rings. The normalized spacial score (nSPS) is 20.4. The summed E-state index contributed by atoms with van der Waals surface area (Å²) in [6.07, 6.45) is 4.99. The predicted molar refractivity (Wildman–Crippen MR) is 92.9 cm³/mol. The number of aromatic nitrogens is 1. The molecular formula is C19H24N2O4. The van der Waals surface area contributed by atoms with Crippen LogP contribution in [-0.4, -0.2) is 29.5 Å². The molecule has 134 valence electrons. The smallest absolute Gasteiger partial charge is 0.306 e. The zero-order valence-electron chi connectivity index (χ0n) is 14.5. The summed E-state index contributed by atoms with van der Waals surface area (Å²) in [5, 5.41) is 2.97. The van der Waals surface area contributed by atoms with Crippen molar-refractivity contribution in [3.05, 3.63) is 30.2 Å². The zero-order chi connectivity index (χ0) is 17.6. The molecule has 1 aromatic heterocycles. The summed E-state index contributed by atoms with van der Waals surface area (Å²) in [5.41, 5.74) is 1.47. The standard InChI is InChI=1S/C19H24N2O4/c1-13-6-2-3-7-14(13)20-17(22)12-24-19(23)11-10-18-21-15-8-4-5-9-16(15)25-18/h4-5,8-9,13-14H,2-3,6-7,10-12H2,1H3,(H,20,22)/t13-,14+/m0/s1. The van der Waals surface area contributed by atoms with Gasteiger partial charge in [0.05, 0.1) is 6.42 Å². The molecule has 0 saturated heterocycles. The molecule has 2 aromatic rings. The van der Waals surface area contributed by atoms with Crippen LogP contribution in [0.1, 0.15) is 44.9 Å². The average molecular weight is 344 g/mol. The summed E-state index contributed by atoms with van der Waals surface area (Å²) in [6.45, 7) is 1.92. The van der Waals surface area contributed by atoms with Crippen molar-refractivity contribution in [1.29, 1.82) is 0 Å². The van der Waals surface area contributed by atoms with E-state index in [1.807, 2.05) is 24.3 Å². The highest BCUT2D eigenvalue weighted by Gasteiger charge is 2.23. The number of fused-ring (bicyclic) bond motifs is 1. The van der Waals surface area contributed by atoms with Gasteiger partial charge in [-0.2, -0.15) is 0 Å². The molecule has 1 heterocycles. The van der Waals surface area contributed by atoms with Gasteiger partial charge < -0.3 is 14.5 Å². The first kappa shape index (κ1) is 17.5. The second-order valence-corrected chi connectivity index (χ2v) is 6.67. The van der Waals surface area contributed by atoms with Gasteiger partial charge in [-0.05, 0) is 30.9 Å². The molecule has 1 aliphatic carbocycles. The van der Waals surface area contributed by atoms with E-state index >= 15 is 0 Å². The van der Waals surface area contributed by atoms with Gasteiger partial charge in [-0.15, -0.1) is 0 Å². The monoisotopic (exact) mass is 344 g/mol. The van der Waals surface area contributed by atoms with E-state index in [1.54, 1.807) is 0 Å². The fraction of sp³-hybridized carbons (Fsp3) is 0.526. The number of nitrogens with one attached hydrogen (secondary N) is 1. The molecule has 1 aromatic carbocycles. The van der Waals surface area contributed by atoms with Crippen LogP contribution >= 0.6 is 0 Å². The number of nitrogens with zero attached hydrogens (tertiary/aromatic N) is 1. The van der Waals surface area contributed by atoms with Crippen LogP contribution in [0.4, 0.5) is 0 Å². The number of para-hydroxylation sites is 2. The van der Waals surface area contributed by atoms with Gasteiger partial charge in [-0.3, -0.25) is 9.59 Å². The summed E-state index contributed by atoms with van der Waals surface area (Å²) < 4.78 is 10.6. The molecule has 1 N–H and O–H groups in total. The van der Waals surface area contributed by atoms with Crippen LogP contribution in [-0.2, 0) is 20.7 Å². The Bertz CT molecular complexity index is 707.